The largest absolute Gasteiger partial charge is 0.390 e. The predicted molar refractivity (Wildman–Crippen MR) is 85.8 cm³/mol. The number of fused-ring (bicyclic) bond motifs is 1. The van der Waals surface area contributed by atoms with Crippen molar-refractivity contribution in [2.75, 3.05) is 19.6 Å². The maximum absolute atomic E-state index is 11.9. The molecule has 1 atom stereocenters. The molecule has 6 nitrogen and oxygen atoms in total. The number of nitrogens with zero attached hydrogens (tertiary/aromatic N) is 3. The van der Waals surface area contributed by atoms with Crippen LogP contribution >= 0.6 is 0 Å². The Kier molecular flexibility index (Phi) is 4.95. The first kappa shape index (κ1) is 15.6. The average molecular weight is 312 g/mol. The Morgan fingerprint density at radius 2 is 2.13 bits per heavy atom. The van der Waals surface area contributed by atoms with E-state index in [0.717, 1.165) is 19.5 Å². The van der Waals surface area contributed by atoms with Gasteiger partial charge in [-0.25, -0.2) is 4.98 Å². The maximum atomic E-state index is 11.9. The van der Waals surface area contributed by atoms with Gasteiger partial charge in [0.2, 0.25) is 0 Å². The molecule has 2 heterocycles. The number of amides is 1. The second-order valence-electron chi connectivity index (χ2n) is 5.71. The third-order valence-electron chi connectivity index (χ3n) is 3.97. The molecule has 6 heteroatoms. The van der Waals surface area contributed by atoms with E-state index in [1.807, 2.05) is 6.07 Å². The van der Waals surface area contributed by atoms with Gasteiger partial charge >= 0.3 is 0 Å². The smallest absolute Gasteiger partial charge is 0.271 e. The molecule has 0 spiro atoms. The quantitative estimate of drug-likeness (QED) is 0.846. The standard InChI is InChI=1S/C17H20N4O2/c22-15(9-20-17(23)16-10-18-6-7-19-16)12-21-8-5-13-3-1-2-4-14(13)11-21/h1-4,6-7,10,15,22H,5,8-9,11-12H2,(H,20,23)/t15-/m0/s1. The molecule has 23 heavy (non-hydrogen) atoms. The van der Waals surface area contributed by atoms with Crippen molar-refractivity contribution in [3.05, 3.63) is 59.7 Å². The summed E-state index contributed by atoms with van der Waals surface area (Å²) in [5, 5.41) is 12.8. The maximum Gasteiger partial charge on any atom is 0.271 e. The highest BCUT2D eigenvalue weighted by Gasteiger charge is 2.19. The van der Waals surface area contributed by atoms with Crippen LogP contribution in [0.3, 0.4) is 0 Å². The van der Waals surface area contributed by atoms with Gasteiger partial charge in [0.05, 0.1) is 12.3 Å². The Morgan fingerprint density at radius 1 is 1.30 bits per heavy atom. The number of aliphatic hydroxyl groups excluding tert-OH is 1. The third-order valence-corrected chi connectivity index (χ3v) is 3.97. The van der Waals surface area contributed by atoms with Gasteiger partial charge in [0.25, 0.3) is 5.91 Å². The lowest BCUT2D eigenvalue weighted by Crippen LogP contribution is -2.42. The molecular weight excluding hydrogens is 292 g/mol. The summed E-state index contributed by atoms with van der Waals surface area (Å²) in [6.07, 6.45) is 4.77. The SMILES string of the molecule is O=C(NC[C@H](O)CN1CCc2ccccc2C1)c1cnccn1. The third kappa shape index (κ3) is 4.12. The van der Waals surface area contributed by atoms with Crippen LogP contribution in [0.1, 0.15) is 21.6 Å². The van der Waals surface area contributed by atoms with Crippen molar-refractivity contribution >= 4 is 5.91 Å². The molecule has 0 unspecified atom stereocenters. The molecule has 1 aliphatic heterocycles. The minimum absolute atomic E-state index is 0.202. The highest BCUT2D eigenvalue weighted by Crippen LogP contribution is 2.18. The average Bonchev–Trinajstić information content (AvgIpc) is 2.60. The van der Waals surface area contributed by atoms with Crippen LogP contribution in [-0.2, 0) is 13.0 Å². The van der Waals surface area contributed by atoms with Crippen molar-refractivity contribution in [2.45, 2.75) is 19.1 Å². The van der Waals surface area contributed by atoms with Crippen LogP contribution in [0.2, 0.25) is 0 Å². The van der Waals surface area contributed by atoms with Crippen LogP contribution in [0.5, 0.6) is 0 Å². The van der Waals surface area contributed by atoms with Crippen LogP contribution in [0, 0.1) is 0 Å². The summed E-state index contributed by atoms with van der Waals surface area (Å²) in [6.45, 7) is 2.50. The summed E-state index contributed by atoms with van der Waals surface area (Å²) in [5.41, 5.74) is 2.95. The zero-order valence-corrected chi connectivity index (χ0v) is 12.9. The number of carbonyl (C=O) groups is 1. The number of hydrogen-bond donors (Lipinski definition) is 2. The Balaban J connectivity index is 1.47. The van der Waals surface area contributed by atoms with Crippen molar-refractivity contribution in [1.29, 1.82) is 0 Å². The van der Waals surface area contributed by atoms with E-state index in [1.54, 1.807) is 0 Å². The summed E-state index contributed by atoms with van der Waals surface area (Å²) in [4.78, 5) is 21.9. The number of aliphatic hydroxyl groups is 1. The van der Waals surface area contributed by atoms with Gasteiger partial charge in [-0.05, 0) is 17.5 Å². The molecule has 2 aromatic rings. The van der Waals surface area contributed by atoms with E-state index in [4.69, 9.17) is 0 Å². The molecule has 0 aliphatic carbocycles. The topological polar surface area (TPSA) is 78.4 Å². The first-order valence-electron chi connectivity index (χ1n) is 7.74. The molecule has 1 aromatic carbocycles. The lowest BCUT2D eigenvalue weighted by molar-refractivity contribution is 0.0837. The molecule has 120 valence electrons. The van der Waals surface area contributed by atoms with E-state index in [9.17, 15) is 9.90 Å². The molecular formula is C17H20N4O2. The predicted octanol–water partition coefficient (Wildman–Crippen LogP) is 0.626. The zero-order chi connectivity index (χ0) is 16.1. The zero-order valence-electron chi connectivity index (χ0n) is 12.9. The van der Waals surface area contributed by atoms with Crippen molar-refractivity contribution in [2.24, 2.45) is 0 Å². The van der Waals surface area contributed by atoms with Gasteiger partial charge in [-0.2, -0.15) is 0 Å². The highest BCUT2D eigenvalue weighted by atomic mass is 16.3. The van der Waals surface area contributed by atoms with Crippen LogP contribution in [0.4, 0.5) is 0 Å². The van der Waals surface area contributed by atoms with E-state index in [2.05, 4.69) is 38.4 Å². The van der Waals surface area contributed by atoms with Crippen LogP contribution < -0.4 is 5.32 Å². The van der Waals surface area contributed by atoms with Gasteiger partial charge in [0.1, 0.15) is 5.69 Å². The normalized spacial score (nSPS) is 15.7. The Morgan fingerprint density at radius 3 is 2.91 bits per heavy atom. The number of nitrogens with one attached hydrogen (secondary N) is 1. The number of hydrogen-bond acceptors (Lipinski definition) is 5. The van der Waals surface area contributed by atoms with E-state index in [-0.39, 0.29) is 18.1 Å². The van der Waals surface area contributed by atoms with E-state index in [0.29, 0.717) is 6.54 Å². The van der Waals surface area contributed by atoms with Gasteiger partial charge in [-0.15, -0.1) is 0 Å². The fraction of sp³-hybridized carbons (Fsp3) is 0.353. The lowest BCUT2D eigenvalue weighted by atomic mass is 10.00. The lowest BCUT2D eigenvalue weighted by Gasteiger charge is -2.30. The molecule has 1 aliphatic rings. The fourth-order valence-electron chi connectivity index (χ4n) is 2.79. The van der Waals surface area contributed by atoms with Gasteiger partial charge in [0, 0.05) is 38.6 Å². The minimum atomic E-state index is -0.610. The van der Waals surface area contributed by atoms with E-state index >= 15 is 0 Å². The molecule has 0 saturated carbocycles. The first-order chi connectivity index (χ1) is 11.2. The molecule has 0 bridgehead atoms. The molecule has 3 rings (SSSR count). The van der Waals surface area contributed by atoms with E-state index in [1.165, 1.54) is 29.7 Å². The molecule has 0 saturated heterocycles. The Bertz CT molecular complexity index is 663. The van der Waals surface area contributed by atoms with Crippen molar-refractivity contribution in [3.63, 3.8) is 0 Å². The van der Waals surface area contributed by atoms with Gasteiger partial charge in [-0.1, -0.05) is 24.3 Å². The van der Waals surface area contributed by atoms with Crippen molar-refractivity contribution in [3.8, 4) is 0 Å². The first-order valence-corrected chi connectivity index (χ1v) is 7.74. The number of aromatic nitrogens is 2. The van der Waals surface area contributed by atoms with Crippen molar-refractivity contribution in [1.82, 2.24) is 20.2 Å². The summed E-state index contributed by atoms with van der Waals surface area (Å²) in [5.74, 6) is -0.318. The van der Waals surface area contributed by atoms with Gasteiger partial charge < -0.3 is 10.4 Å². The number of carbonyl (C=O) groups excluding carboxylic acids is 1. The number of benzene rings is 1. The van der Waals surface area contributed by atoms with Crippen LogP contribution in [0.15, 0.2) is 42.9 Å². The Labute approximate surface area is 135 Å². The summed E-state index contributed by atoms with van der Waals surface area (Å²) < 4.78 is 0. The van der Waals surface area contributed by atoms with Crippen LogP contribution in [0.25, 0.3) is 0 Å². The Hall–Kier alpha value is -2.31. The molecule has 0 radical (unpaired) electrons. The van der Waals surface area contributed by atoms with Gasteiger partial charge in [-0.3, -0.25) is 14.7 Å². The highest BCUT2D eigenvalue weighted by molar-refractivity contribution is 5.91. The minimum Gasteiger partial charge on any atom is -0.390 e. The molecule has 1 aromatic heterocycles. The number of β-amino-alcohol motifs (C(OH)–C–C–N with tert-alkyl or cyclic N) is 1. The summed E-state index contributed by atoms with van der Waals surface area (Å²) >= 11 is 0. The molecule has 1 amide bonds. The summed E-state index contributed by atoms with van der Waals surface area (Å²) in [6, 6.07) is 8.39. The van der Waals surface area contributed by atoms with Crippen molar-refractivity contribution < 1.29 is 9.90 Å². The van der Waals surface area contributed by atoms with Crippen LogP contribution in [-0.4, -0.2) is 51.6 Å². The monoisotopic (exact) mass is 312 g/mol. The number of rotatable bonds is 5. The molecule has 0 fully saturated rings. The second-order valence-corrected chi connectivity index (χ2v) is 5.71. The second kappa shape index (κ2) is 7.30. The van der Waals surface area contributed by atoms with E-state index < -0.39 is 6.10 Å². The fourth-order valence-corrected chi connectivity index (χ4v) is 2.79. The molecule has 2 N–H and O–H groups in total. The summed E-state index contributed by atoms with van der Waals surface area (Å²) in [7, 11) is 0. The van der Waals surface area contributed by atoms with Gasteiger partial charge in [0.15, 0.2) is 0 Å².